The summed E-state index contributed by atoms with van der Waals surface area (Å²) < 4.78 is 42.6. The van der Waals surface area contributed by atoms with Crippen molar-refractivity contribution >= 4 is 17.6 Å². The topological polar surface area (TPSA) is 58.5 Å². The van der Waals surface area contributed by atoms with E-state index in [1.165, 1.54) is 0 Å². The van der Waals surface area contributed by atoms with Crippen molar-refractivity contribution in [2.24, 2.45) is 4.99 Å². The Bertz CT molecular complexity index is 522. The van der Waals surface area contributed by atoms with Crippen LogP contribution in [-0.2, 0) is 6.18 Å². The Balaban J connectivity index is 1.82. The summed E-state index contributed by atoms with van der Waals surface area (Å²) in [6.45, 7) is 2.27. The van der Waals surface area contributed by atoms with E-state index in [0.717, 1.165) is 25.6 Å². The molecule has 9 heteroatoms. The maximum absolute atomic E-state index is 12.4. The highest BCUT2D eigenvalue weighted by molar-refractivity contribution is 6.31. The highest BCUT2D eigenvalue weighted by atomic mass is 35.5. The number of alkyl halides is 3. The average molecular weight is 323 g/mol. The lowest BCUT2D eigenvalue weighted by atomic mass is 10.3. The summed E-state index contributed by atoms with van der Waals surface area (Å²) >= 11 is 5.72. The average Bonchev–Trinajstić information content (AvgIpc) is 2.45. The molecule has 2 N–H and O–H groups in total. The van der Waals surface area contributed by atoms with Gasteiger partial charge in [-0.2, -0.15) is 13.2 Å². The monoisotopic (exact) mass is 322 g/mol. The molecule has 0 atom stereocenters. The Morgan fingerprint density at radius 1 is 1.43 bits per heavy atom. The van der Waals surface area contributed by atoms with Gasteiger partial charge >= 0.3 is 6.18 Å². The largest absolute Gasteiger partial charge is 0.475 e. The van der Waals surface area contributed by atoms with Gasteiger partial charge in [0, 0.05) is 19.3 Å². The van der Waals surface area contributed by atoms with E-state index in [-0.39, 0.29) is 17.5 Å². The number of aromatic nitrogens is 1. The van der Waals surface area contributed by atoms with Crippen molar-refractivity contribution in [3.8, 4) is 5.88 Å². The summed E-state index contributed by atoms with van der Waals surface area (Å²) in [5, 5.41) is 5.91. The van der Waals surface area contributed by atoms with E-state index in [4.69, 9.17) is 16.3 Å². The molecular weight excluding hydrogens is 309 g/mol. The molecule has 2 heterocycles. The van der Waals surface area contributed by atoms with Gasteiger partial charge in [-0.15, -0.1) is 0 Å². The molecule has 0 aromatic carbocycles. The molecule has 0 spiro atoms. The summed E-state index contributed by atoms with van der Waals surface area (Å²) in [4.78, 5) is 7.78. The van der Waals surface area contributed by atoms with E-state index in [9.17, 15) is 13.2 Å². The molecule has 0 fully saturated rings. The first-order chi connectivity index (χ1) is 9.97. The van der Waals surface area contributed by atoms with Gasteiger partial charge in [-0.05, 0) is 12.5 Å². The number of hydrogen-bond acceptors (Lipinski definition) is 5. The van der Waals surface area contributed by atoms with Crippen LogP contribution in [0.3, 0.4) is 0 Å². The first kappa shape index (κ1) is 15.7. The molecule has 0 saturated carbocycles. The molecule has 1 aliphatic heterocycles. The number of aliphatic imine (C=N–C) groups is 1. The summed E-state index contributed by atoms with van der Waals surface area (Å²) in [5.41, 5.74) is -0.904. The SMILES string of the molecule is FC(F)(F)c1cnc(OCCNC2=NCCCN2)c(Cl)c1. The lowest BCUT2D eigenvalue weighted by Gasteiger charge is -2.16. The fraction of sp³-hybridized carbons (Fsp3) is 0.500. The Morgan fingerprint density at radius 3 is 2.86 bits per heavy atom. The van der Waals surface area contributed by atoms with Crippen LogP contribution in [0.25, 0.3) is 0 Å². The summed E-state index contributed by atoms with van der Waals surface area (Å²) in [6.07, 6.45) is -2.78. The number of halogens is 4. The molecule has 0 bridgehead atoms. The van der Waals surface area contributed by atoms with Crippen molar-refractivity contribution < 1.29 is 17.9 Å². The van der Waals surface area contributed by atoms with Gasteiger partial charge in [0.25, 0.3) is 0 Å². The predicted molar refractivity (Wildman–Crippen MR) is 72.7 cm³/mol. The number of ether oxygens (including phenoxy) is 1. The third kappa shape index (κ3) is 4.66. The van der Waals surface area contributed by atoms with Crippen molar-refractivity contribution in [1.82, 2.24) is 15.6 Å². The zero-order valence-electron chi connectivity index (χ0n) is 11.0. The van der Waals surface area contributed by atoms with Gasteiger partial charge in [-0.3, -0.25) is 4.99 Å². The first-order valence-corrected chi connectivity index (χ1v) is 6.72. The second-order valence-corrected chi connectivity index (χ2v) is 4.70. The van der Waals surface area contributed by atoms with Crippen LogP contribution in [0.1, 0.15) is 12.0 Å². The van der Waals surface area contributed by atoms with Crippen LogP contribution in [0.15, 0.2) is 17.3 Å². The van der Waals surface area contributed by atoms with Gasteiger partial charge in [0.1, 0.15) is 11.6 Å². The second kappa shape index (κ2) is 6.84. The highest BCUT2D eigenvalue weighted by Crippen LogP contribution is 2.32. The minimum atomic E-state index is -4.47. The number of nitrogens with one attached hydrogen (secondary N) is 2. The van der Waals surface area contributed by atoms with Crippen LogP contribution in [0.2, 0.25) is 5.02 Å². The highest BCUT2D eigenvalue weighted by Gasteiger charge is 2.31. The zero-order valence-corrected chi connectivity index (χ0v) is 11.8. The van der Waals surface area contributed by atoms with Crippen molar-refractivity contribution in [3.05, 3.63) is 22.8 Å². The number of rotatable bonds is 4. The third-order valence-electron chi connectivity index (χ3n) is 2.67. The van der Waals surface area contributed by atoms with Gasteiger partial charge in [-0.1, -0.05) is 11.6 Å². The van der Waals surface area contributed by atoms with E-state index < -0.39 is 11.7 Å². The molecule has 1 aromatic rings. The Kier molecular flexibility index (Phi) is 5.11. The van der Waals surface area contributed by atoms with E-state index in [1.807, 2.05) is 0 Å². The summed E-state index contributed by atoms with van der Waals surface area (Å²) in [6, 6.07) is 0.796. The summed E-state index contributed by atoms with van der Waals surface area (Å²) in [5.74, 6) is 0.668. The zero-order chi connectivity index (χ0) is 15.3. The molecular formula is C12H14ClF3N4O. The van der Waals surface area contributed by atoms with Crippen LogP contribution in [0.4, 0.5) is 13.2 Å². The normalized spacial score (nSPS) is 15.1. The van der Waals surface area contributed by atoms with Crippen molar-refractivity contribution in [2.75, 3.05) is 26.2 Å². The fourth-order valence-corrected chi connectivity index (χ4v) is 1.88. The van der Waals surface area contributed by atoms with Crippen LogP contribution in [-0.4, -0.2) is 37.2 Å². The van der Waals surface area contributed by atoms with Crippen molar-refractivity contribution in [2.45, 2.75) is 12.6 Å². The quantitative estimate of drug-likeness (QED) is 0.833. The number of pyridine rings is 1. The van der Waals surface area contributed by atoms with Crippen LogP contribution in [0, 0.1) is 0 Å². The Morgan fingerprint density at radius 2 is 2.24 bits per heavy atom. The maximum Gasteiger partial charge on any atom is 0.417 e. The van der Waals surface area contributed by atoms with Crippen molar-refractivity contribution in [3.63, 3.8) is 0 Å². The van der Waals surface area contributed by atoms with Gasteiger partial charge < -0.3 is 15.4 Å². The molecule has 0 unspecified atom stereocenters. The summed E-state index contributed by atoms with van der Waals surface area (Å²) in [7, 11) is 0. The van der Waals surface area contributed by atoms with E-state index in [2.05, 4.69) is 20.6 Å². The third-order valence-corrected chi connectivity index (χ3v) is 2.94. The van der Waals surface area contributed by atoms with Crippen LogP contribution in [0.5, 0.6) is 5.88 Å². The number of nitrogens with zero attached hydrogens (tertiary/aromatic N) is 2. The van der Waals surface area contributed by atoms with Crippen LogP contribution < -0.4 is 15.4 Å². The molecule has 0 saturated heterocycles. The second-order valence-electron chi connectivity index (χ2n) is 4.29. The molecule has 1 aromatic heterocycles. The molecule has 2 rings (SSSR count). The van der Waals surface area contributed by atoms with E-state index >= 15 is 0 Å². The van der Waals surface area contributed by atoms with Gasteiger partial charge in [0.2, 0.25) is 5.88 Å². The van der Waals surface area contributed by atoms with Gasteiger partial charge in [-0.25, -0.2) is 4.98 Å². The van der Waals surface area contributed by atoms with E-state index in [1.54, 1.807) is 0 Å². The Labute approximate surface area is 124 Å². The molecule has 5 nitrogen and oxygen atoms in total. The minimum absolute atomic E-state index is 0.0231. The fourth-order valence-electron chi connectivity index (χ4n) is 1.65. The molecule has 116 valence electrons. The first-order valence-electron chi connectivity index (χ1n) is 6.34. The molecule has 0 amide bonds. The molecule has 1 aliphatic rings. The molecule has 21 heavy (non-hydrogen) atoms. The van der Waals surface area contributed by atoms with Gasteiger partial charge in [0.15, 0.2) is 5.96 Å². The lowest BCUT2D eigenvalue weighted by molar-refractivity contribution is -0.137. The maximum atomic E-state index is 12.4. The predicted octanol–water partition coefficient (Wildman–Crippen LogP) is 2.07. The lowest BCUT2D eigenvalue weighted by Crippen LogP contribution is -2.42. The smallest absolute Gasteiger partial charge is 0.417 e. The standard InChI is InChI=1S/C12H14ClF3N4O/c13-9-6-8(12(14,15)16)7-20-10(9)21-5-4-19-11-17-2-1-3-18-11/h6-7H,1-5H2,(H2,17,18,19). The Hall–Kier alpha value is -1.70. The molecule has 0 aliphatic carbocycles. The van der Waals surface area contributed by atoms with Crippen molar-refractivity contribution in [1.29, 1.82) is 0 Å². The van der Waals surface area contributed by atoms with E-state index in [0.29, 0.717) is 18.7 Å². The van der Waals surface area contributed by atoms with Gasteiger partial charge in [0.05, 0.1) is 12.1 Å². The van der Waals surface area contributed by atoms with Crippen LogP contribution >= 0.6 is 11.6 Å². The minimum Gasteiger partial charge on any atom is -0.475 e. The number of guanidine groups is 1. The number of hydrogen-bond donors (Lipinski definition) is 2. The molecule has 0 radical (unpaired) electrons.